The largest absolute Gasteiger partial charge is 0.465 e. The molecule has 2 heterocycles. The molecule has 1 atom stereocenters. The molecule has 0 aliphatic carbocycles. The molecule has 1 aromatic carbocycles. The van der Waals surface area contributed by atoms with Crippen molar-refractivity contribution < 1.29 is 14.3 Å². The highest BCUT2D eigenvalue weighted by atomic mass is 32.1. The molecule has 0 bridgehead atoms. The number of anilines is 1. The Bertz CT molecular complexity index is 619. The van der Waals surface area contributed by atoms with Crippen molar-refractivity contribution in [1.29, 1.82) is 0 Å². The highest BCUT2D eigenvalue weighted by Gasteiger charge is 2.25. The van der Waals surface area contributed by atoms with Crippen molar-refractivity contribution in [1.82, 2.24) is 4.98 Å². The highest BCUT2D eigenvalue weighted by Crippen LogP contribution is 2.37. The van der Waals surface area contributed by atoms with Gasteiger partial charge in [0.15, 0.2) is 5.13 Å². The number of methoxy groups -OCH3 is 1. The monoisotopic (exact) mass is 264 g/mol. The van der Waals surface area contributed by atoms with Gasteiger partial charge in [0.05, 0.1) is 35.6 Å². The van der Waals surface area contributed by atoms with Crippen LogP contribution in [0.5, 0.6) is 0 Å². The minimum atomic E-state index is -0.357. The Kier molecular flexibility index (Phi) is 2.68. The highest BCUT2D eigenvalue weighted by molar-refractivity contribution is 7.22. The number of carbonyl (C=O) groups excluding carboxylic acids is 1. The molecule has 2 N–H and O–H groups in total. The van der Waals surface area contributed by atoms with Gasteiger partial charge in [-0.2, -0.15) is 0 Å². The third-order valence-corrected chi connectivity index (χ3v) is 3.84. The Hall–Kier alpha value is -1.66. The third kappa shape index (κ3) is 1.74. The van der Waals surface area contributed by atoms with Crippen molar-refractivity contribution in [2.45, 2.75) is 12.5 Å². The maximum Gasteiger partial charge on any atom is 0.337 e. The summed E-state index contributed by atoms with van der Waals surface area (Å²) in [5.74, 6) is -0.357. The van der Waals surface area contributed by atoms with Gasteiger partial charge in [-0.1, -0.05) is 11.3 Å². The van der Waals surface area contributed by atoms with Crippen LogP contribution in [0.3, 0.4) is 0 Å². The van der Waals surface area contributed by atoms with Crippen LogP contribution in [0.4, 0.5) is 5.13 Å². The minimum Gasteiger partial charge on any atom is -0.465 e. The number of rotatable bonds is 2. The first kappa shape index (κ1) is 11.4. The van der Waals surface area contributed by atoms with E-state index in [1.807, 2.05) is 0 Å². The molecule has 18 heavy (non-hydrogen) atoms. The summed E-state index contributed by atoms with van der Waals surface area (Å²) in [7, 11) is 1.37. The van der Waals surface area contributed by atoms with E-state index in [2.05, 4.69) is 4.98 Å². The Morgan fingerprint density at radius 3 is 3.00 bits per heavy atom. The number of benzene rings is 1. The van der Waals surface area contributed by atoms with Crippen molar-refractivity contribution in [3.05, 3.63) is 23.3 Å². The second kappa shape index (κ2) is 4.22. The molecular formula is C12H12N2O3S. The van der Waals surface area contributed by atoms with E-state index >= 15 is 0 Å². The van der Waals surface area contributed by atoms with E-state index in [1.54, 1.807) is 12.1 Å². The molecule has 5 nitrogen and oxygen atoms in total. The molecule has 1 aliphatic heterocycles. The first-order valence-corrected chi connectivity index (χ1v) is 6.40. The molecular weight excluding hydrogens is 252 g/mol. The SMILES string of the molecule is COC(=O)c1cc(C2CCO2)c2nc(N)sc2c1. The van der Waals surface area contributed by atoms with Crippen molar-refractivity contribution in [3.8, 4) is 0 Å². The fraction of sp³-hybridized carbons (Fsp3) is 0.333. The average molecular weight is 264 g/mol. The number of aromatic nitrogens is 1. The Balaban J connectivity index is 2.19. The zero-order valence-corrected chi connectivity index (χ0v) is 10.6. The van der Waals surface area contributed by atoms with E-state index in [0.29, 0.717) is 10.7 Å². The molecule has 3 rings (SSSR count). The summed E-state index contributed by atoms with van der Waals surface area (Å²) in [6, 6.07) is 3.55. The predicted octanol–water partition coefficient (Wildman–Crippen LogP) is 2.13. The van der Waals surface area contributed by atoms with Gasteiger partial charge < -0.3 is 15.2 Å². The average Bonchev–Trinajstić information content (AvgIpc) is 2.66. The summed E-state index contributed by atoms with van der Waals surface area (Å²) in [4.78, 5) is 15.9. The molecule has 1 aliphatic rings. The van der Waals surface area contributed by atoms with Crippen LogP contribution in [0.1, 0.15) is 28.4 Å². The molecule has 2 aromatic rings. The zero-order chi connectivity index (χ0) is 12.7. The molecule has 1 unspecified atom stereocenters. The van der Waals surface area contributed by atoms with Crippen LogP contribution >= 0.6 is 11.3 Å². The summed E-state index contributed by atoms with van der Waals surface area (Å²) >= 11 is 1.36. The Morgan fingerprint density at radius 1 is 1.61 bits per heavy atom. The van der Waals surface area contributed by atoms with Crippen LogP contribution in [0.15, 0.2) is 12.1 Å². The second-order valence-corrected chi connectivity index (χ2v) is 5.17. The number of nitrogens with zero attached hydrogens (tertiary/aromatic N) is 1. The van der Waals surface area contributed by atoms with Crippen molar-refractivity contribution >= 4 is 32.7 Å². The lowest BCUT2D eigenvalue weighted by Crippen LogP contribution is -2.19. The predicted molar refractivity (Wildman–Crippen MR) is 68.7 cm³/mol. The van der Waals surface area contributed by atoms with Gasteiger partial charge in [-0.05, 0) is 12.1 Å². The quantitative estimate of drug-likeness (QED) is 0.841. The van der Waals surface area contributed by atoms with Gasteiger partial charge in [0.2, 0.25) is 0 Å². The van der Waals surface area contributed by atoms with Crippen molar-refractivity contribution in [2.24, 2.45) is 0 Å². The minimum absolute atomic E-state index is 0.0126. The third-order valence-electron chi connectivity index (χ3n) is 3.01. The number of fused-ring (bicyclic) bond motifs is 1. The number of carbonyl (C=O) groups is 1. The van der Waals surface area contributed by atoms with Gasteiger partial charge in [-0.15, -0.1) is 0 Å². The second-order valence-electron chi connectivity index (χ2n) is 4.10. The van der Waals surface area contributed by atoms with E-state index < -0.39 is 0 Å². The summed E-state index contributed by atoms with van der Waals surface area (Å²) < 4.78 is 11.1. The van der Waals surface area contributed by atoms with Crippen LogP contribution in [-0.2, 0) is 9.47 Å². The maximum absolute atomic E-state index is 11.6. The fourth-order valence-electron chi connectivity index (χ4n) is 2.03. The van der Waals surface area contributed by atoms with Crippen LogP contribution in [-0.4, -0.2) is 24.7 Å². The number of nitrogens with two attached hydrogens (primary N) is 1. The lowest BCUT2D eigenvalue weighted by Gasteiger charge is -2.27. The van der Waals surface area contributed by atoms with Gasteiger partial charge in [0.25, 0.3) is 0 Å². The van der Waals surface area contributed by atoms with Crippen molar-refractivity contribution in [3.63, 3.8) is 0 Å². The Labute approximate surface area is 108 Å². The molecule has 94 valence electrons. The summed E-state index contributed by atoms with van der Waals surface area (Å²) in [6.45, 7) is 0.744. The smallest absolute Gasteiger partial charge is 0.337 e. The maximum atomic E-state index is 11.6. The molecule has 0 saturated carbocycles. The Morgan fingerprint density at radius 2 is 2.39 bits per heavy atom. The lowest BCUT2D eigenvalue weighted by molar-refractivity contribution is -0.0519. The van der Waals surface area contributed by atoms with E-state index in [1.165, 1.54) is 18.4 Å². The normalized spacial score (nSPS) is 18.6. The van der Waals surface area contributed by atoms with Crippen LogP contribution in [0, 0.1) is 0 Å². The molecule has 1 aromatic heterocycles. The van der Waals surface area contributed by atoms with Crippen LogP contribution in [0.25, 0.3) is 10.2 Å². The standard InChI is InChI=1S/C12H12N2O3S/c1-16-11(15)6-4-7(8-2-3-17-8)10-9(5-6)18-12(13)14-10/h4-5,8H,2-3H2,1H3,(H2,13,14). The molecule has 6 heteroatoms. The van der Waals surface area contributed by atoms with Gasteiger partial charge in [0, 0.05) is 12.0 Å². The van der Waals surface area contributed by atoms with Crippen LogP contribution < -0.4 is 5.73 Å². The van der Waals surface area contributed by atoms with E-state index in [0.717, 1.165) is 28.8 Å². The number of thiazole rings is 1. The van der Waals surface area contributed by atoms with E-state index in [4.69, 9.17) is 15.2 Å². The van der Waals surface area contributed by atoms with E-state index in [9.17, 15) is 4.79 Å². The summed E-state index contributed by atoms with van der Waals surface area (Å²) in [5.41, 5.74) is 7.99. The van der Waals surface area contributed by atoms with E-state index in [-0.39, 0.29) is 12.1 Å². The number of esters is 1. The molecule has 0 amide bonds. The molecule has 1 saturated heterocycles. The first-order valence-electron chi connectivity index (χ1n) is 5.59. The van der Waals surface area contributed by atoms with Crippen LogP contribution in [0.2, 0.25) is 0 Å². The summed E-state index contributed by atoms with van der Waals surface area (Å²) in [6.07, 6.45) is 0.954. The molecule has 1 fully saturated rings. The van der Waals surface area contributed by atoms with Gasteiger partial charge >= 0.3 is 5.97 Å². The first-order chi connectivity index (χ1) is 8.69. The molecule has 0 spiro atoms. The zero-order valence-electron chi connectivity index (χ0n) is 9.80. The van der Waals surface area contributed by atoms with Crippen molar-refractivity contribution in [2.75, 3.05) is 19.5 Å². The number of nitrogen functional groups attached to an aromatic ring is 1. The number of hydrogen-bond acceptors (Lipinski definition) is 6. The molecule has 0 radical (unpaired) electrons. The van der Waals surface area contributed by atoms with Gasteiger partial charge in [0.1, 0.15) is 0 Å². The summed E-state index contributed by atoms with van der Waals surface area (Å²) in [5, 5.41) is 0.493. The van der Waals surface area contributed by atoms with Gasteiger partial charge in [-0.3, -0.25) is 0 Å². The number of hydrogen-bond donors (Lipinski definition) is 1. The van der Waals surface area contributed by atoms with Gasteiger partial charge in [-0.25, -0.2) is 9.78 Å². The fourth-order valence-corrected chi connectivity index (χ4v) is 2.84. The topological polar surface area (TPSA) is 74.4 Å². The lowest BCUT2D eigenvalue weighted by atomic mass is 9.99. The number of ether oxygens (including phenoxy) is 2.